The van der Waals surface area contributed by atoms with Gasteiger partial charge in [0.25, 0.3) is 0 Å². The summed E-state index contributed by atoms with van der Waals surface area (Å²) in [6.07, 6.45) is 4.29. The van der Waals surface area contributed by atoms with Crippen LogP contribution >= 0.6 is 0 Å². The Kier molecular flexibility index (Phi) is 5.51. The summed E-state index contributed by atoms with van der Waals surface area (Å²) < 4.78 is 34.9. The van der Waals surface area contributed by atoms with Gasteiger partial charge in [-0.3, -0.25) is 19.5 Å². The first-order chi connectivity index (χ1) is 15.8. The Morgan fingerprint density at radius 3 is 2.73 bits per heavy atom. The highest BCUT2D eigenvalue weighted by Gasteiger charge is 2.29. The number of fused-ring (bicyclic) bond motifs is 2. The molecule has 1 aromatic heterocycles. The summed E-state index contributed by atoms with van der Waals surface area (Å²) in [5.41, 5.74) is 1.65. The lowest BCUT2D eigenvalue weighted by atomic mass is 10.0. The minimum atomic E-state index is -3.79. The van der Waals surface area contributed by atoms with E-state index in [4.69, 9.17) is 4.74 Å². The van der Waals surface area contributed by atoms with E-state index in [2.05, 4.69) is 14.8 Å². The van der Waals surface area contributed by atoms with E-state index in [9.17, 15) is 13.2 Å². The van der Waals surface area contributed by atoms with Crippen LogP contribution in [-0.4, -0.2) is 68.8 Å². The van der Waals surface area contributed by atoms with Gasteiger partial charge in [-0.2, -0.15) is 17.8 Å². The number of nitrogens with one attached hydrogen (secondary N) is 1. The molecular formula is C23H25N5O4S. The summed E-state index contributed by atoms with van der Waals surface area (Å²) in [5.74, 6) is 0.0700. The maximum absolute atomic E-state index is 13.5. The summed E-state index contributed by atoms with van der Waals surface area (Å²) >= 11 is 0. The molecule has 2 aliphatic heterocycles. The van der Waals surface area contributed by atoms with Crippen LogP contribution in [0.5, 0.6) is 0 Å². The third-order valence-electron chi connectivity index (χ3n) is 6.28. The lowest BCUT2D eigenvalue weighted by Gasteiger charge is -2.23. The molecule has 2 aromatic carbocycles. The van der Waals surface area contributed by atoms with Gasteiger partial charge in [-0.1, -0.05) is 12.1 Å². The van der Waals surface area contributed by atoms with Gasteiger partial charge in [-0.25, -0.2) is 0 Å². The summed E-state index contributed by atoms with van der Waals surface area (Å²) in [5, 5.41) is 7.75. The number of likely N-dealkylation sites (N-methyl/N-ethyl adjacent to an activating group) is 2. The molecule has 2 unspecified atom stereocenters. The van der Waals surface area contributed by atoms with Crippen LogP contribution in [-0.2, 0) is 14.9 Å². The second-order valence-electron chi connectivity index (χ2n) is 8.52. The van der Waals surface area contributed by atoms with Crippen molar-refractivity contribution < 1.29 is 13.2 Å². The predicted molar refractivity (Wildman–Crippen MR) is 129 cm³/mol. The fourth-order valence-corrected chi connectivity index (χ4v) is 5.40. The van der Waals surface area contributed by atoms with Crippen LogP contribution in [0.25, 0.3) is 21.7 Å². The van der Waals surface area contributed by atoms with Gasteiger partial charge in [0.15, 0.2) is 5.43 Å². The lowest BCUT2D eigenvalue weighted by Crippen LogP contribution is -2.40. The Labute approximate surface area is 191 Å². The van der Waals surface area contributed by atoms with Crippen molar-refractivity contribution in [3.8, 4) is 0 Å². The number of hydrogen-bond acceptors (Lipinski definition) is 7. The molecule has 172 valence electrons. The molecule has 0 bridgehead atoms. The van der Waals surface area contributed by atoms with Gasteiger partial charge in [-0.05, 0) is 41.6 Å². The van der Waals surface area contributed by atoms with Crippen molar-refractivity contribution in [2.24, 2.45) is 5.10 Å². The van der Waals surface area contributed by atoms with E-state index in [1.54, 1.807) is 24.4 Å². The van der Waals surface area contributed by atoms with Crippen molar-refractivity contribution in [1.82, 2.24) is 14.3 Å². The summed E-state index contributed by atoms with van der Waals surface area (Å²) in [6.45, 7) is 1.65. The number of pyridine rings is 1. The molecule has 0 spiro atoms. The quantitative estimate of drug-likeness (QED) is 0.617. The van der Waals surface area contributed by atoms with E-state index in [1.165, 1.54) is 11.4 Å². The van der Waals surface area contributed by atoms with Gasteiger partial charge in [0.05, 0.1) is 23.9 Å². The van der Waals surface area contributed by atoms with Crippen LogP contribution in [0.2, 0.25) is 0 Å². The zero-order valence-corrected chi connectivity index (χ0v) is 19.2. The highest BCUT2D eigenvalue weighted by Crippen LogP contribution is 2.24. The molecule has 1 saturated heterocycles. The summed E-state index contributed by atoms with van der Waals surface area (Å²) in [6, 6.07) is 10.3. The number of nitrogens with zero attached hydrogens (tertiary/aromatic N) is 4. The van der Waals surface area contributed by atoms with E-state index in [0.717, 1.165) is 12.1 Å². The van der Waals surface area contributed by atoms with Gasteiger partial charge in [0, 0.05) is 56.3 Å². The predicted octanol–water partition coefficient (Wildman–Crippen LogP) is 2.14. The Balaban J connectivity index is 1.55. The van der Waals surface area contributed by atoms with Crippen LogP contribution in [0.3, 0.4) is 0 Å². The largest absolute Gasteiger partial charge is 0.380 e. The molecule has 33 heavy (non-hydrogen) atoms. The van der Waals surface area contributed by atoms with Crippen LogP contribution in [0.15, 0.2) is 52.5 Å². The number of rotatable bonds is 5. The molecule has 2 aliphatic rings. The van der Waals surface area contributed by atoms with Gasteiger partial charge in [-0.15, -0.1) is 0 Å². The van der Waals surface area contributed by atoms with E-state index < -0.39 is 10.2 Å². The van der Waals surface area contributed by atoms with Gasteiger partial charge < -0.3 is 4.74 Å². The van der Waals surface area contributed by atoms with Gasteiger partial charge in [0.2, 0.25) is 0 Å². The van der Waals surface area contributed by atoms with Crippen molar-refractivity contribution >= 4 is 43.8 Å². The minimum absolute atomic E-state index is 0.0700. The number of hydrazone groups is 1. The number of anilines is 1. The number of benzene rings is 1. The van der Waals surface area contributed by atoms with Crippen LogP contribution in [0.4, 0.5) is 5.69 Å². The van der Waals surface area contributed by atoms with E-state index in [1.807, 2.05) is 36.5 Å². The molecule has 1 fully saturated rings. The Hall–Kier alpha value is -3.08. The van der Waals surface area contributed by atoms with Crippen LogP contribution in [0.1, 0.15) is 17.9 Å². The molecule has 9 nitrogen and oxygen atoms in total. The standard InChI is InChI=1S/C23H25N5O4S/c1-27-13-17(12-25-27)16-9-21-22(24-11-16)6-4-15-3-5-18(10-20(15)23(21)29)26-33(30,31)28(2)19-7-8-32-14-19/h3-6,9-12,17,19,26H,7-8,13-14H2,1-2H3. The third-order valence-corrected chi connectivity index (χ3v) is 7.83. The molecule has 1 N–H and O–H groups in total. The van der Waals surface area contributed by atoms with Crippen LogP contribution < -0.4 is 10.2 Å². The minimum Gasteiger partial charge on any atom is -0.380 e. The zero-order chi connectivity index (χ0) is 23.2. The lowest BCUT2D eigenvalue weighted by molar-refractivity contribution is 0.181. The monoisotopic (exact) mass is 467 g/mol. The maximum atomic E-state index is 13.5. The Bertz CT molecular complexity index is 1420. The van der Waals surface area contributed by atoms with Crippen molar-refractivity contribution in [3.63, 3.8) is 0 Å². The fourth-order valence-electron chi connectivity index (χ4n) is 4.28. The topological polar surface area (TPSA) is 104 Å². The smallest absolute Gasteiger partial charge is 0.301 e. The fraction of sp³-hybridized carbons (Fsp3) is 0.348. The number of hydrogen-bond donors (Lipinski definition) is 1. The molecule has 0 saturated carbocycles. The molecule has 10 heteroatoms. The van der Waals surface area contributed by atoms with Crippen LogP contribution in [0, 0.1) is 0 Å². The molecular weight excluding hydrogens is 442 g/mol. The molecule has 0 amide bonds. The second kappa shape index (κ2) is 8.36. The van der Waals surface area contributed by atoms with E-state index in [0.29, 0.717) is 47.0 Å². The average Bonchev–Trinajstić information content (AvgIpc) is 3.46. The maximum Gasteiger partial charge on any atom is 0.301 e. The highest BCUT2D eigenvalue weighted by atomic mass is 32.2. The third kappa shape index (κ3) is 4.17. The molecule has 3 heterocycles. The normalized spacial score (nSPS) is 20.9. The SMILES string of the molecule is CN1CC(c2cnc3ccc4ccc(NS(=O)(=O)N(C)C5CCOC5)cc4c(=O)c3c2)C=N1. The first-order valence-corrected chi connectivity index (χ1v) is 12.2. The van der Waals surface area contributed by atoms with Crippen molar-refractivity contribution in [2.45, 2.75) is 18.4 Å². The molecule has 0 aliphatic carbocycles. The highest BCUT2D eigenvalue weighted by molar-refractivity contribution is 7.90. The molecule has 2 atom stereocenters. The Morgan fingerprint density at radius 2 is 2.00 bits per heavy atom. The second-order valence-corrected chi connectivity index (χ2v) is 10.2. The van der Waals surface area contributed by atoms with Crippen molar-refractivity contribution in [1.29, 1.82) is 0 Å². The van der Waals surface area contributed by atoms with E-state index >= 15 is 0 Å². The summed E-state index contributed by atoms with van der Waals surface area (Å²) in [7, 11) is -0.357. The van der Waals surface area contributed by atoms with Gasteiger partial charge in [0.1, 0.15) is 0 Å². The number of aromatic nitrogens is 1. The Morgan fingerprint density at radius 1 is 1.18 bits per heavy atom. The first kappa shape index (κ1) is 21.7. The zero-order valence-electron chi connectivity index (χ0n) is 18.4. The van der Waals surface area contributed by atoms with Crippen molar-refractivity contribution in [2.75, 3.05) is 38.6 Å². The molecule has 5 rings (SSSR count). The number of ether oxygens (including phenoxy) is 1. The van der Waals surface area contributed by atoms with Gasteiger partial charge >= 0.3 is 10.2 Å². The first-order valence-electron chi connectivity index (χ1n) is 10.8. The average molecular weight is 468 g/mol. The summed E-state index contributed by atoms with van der Waals surface area (Å²) in [4.78, 5) is 18.0. The van der Waals surface area contributed by atoms with E-state index in [-0.39, 0.29) is 17.4 Å². The molecule has 3 aromatic rings. The molecule has 0 radical (unpaired) electrons. The van der Waals surface area contributed by atoms with Crippen molar-refractivity contribution in [3.05, 3.63) is 58.4 Å².